The predicted octanol–water partition coefficient (Wildman–Crippen LogP) is 5.71. The summed E-state index contributed by atoms with van der Waals surface area (Å²) in [6.07, 6.45) is 0. The van der Waals surface area contributed by atoms with Crippen LogP contribution in [-0.4, -0.2) is 18.9 Å². The van der Waals surface area contributed by atoms with Crippen LogP contribution in [0.3, 0.4) is 0 Å². The topological polar surface area (TPSA) is 62.7 Å². The lowest BCUT2D eigenvalue weighted by Crippen LogP contribution is -2.29. The number of amidine groups is 1. The van der Waals surface area contributed by atoms with Gasteiger partial charge in [0.25, 0.3) is 5.91 Å². The fourth-order valence-corrected chi connectivity index (χ4v) is 3.34. The predicted molar refractivity (Wildman–Crippen MR) is 124 cm³/mol. The largest absolute Gasteiger partial charge is 0.497 e. The number of aryl methyl sites for hydroxylation is 4. The number of carbonyl (C=O) groups excluding carboxylic acids is 1. The van der Waals surface area contributed by atoms with Gasteiger partial charge in [-0.15, -0.1) is 0 Å². The van der Waals surface area contributed by atoms with E-state index in [4.69, 9.17) is 4.74 Å². The minimum atomic E-state index is -0.310. The first-order valence-electron chi connectivity index (χ1n) is 9.80. The van der Waals surface area contributed by atoms with E-state index in [0.29, 0.717) is 5.69 Å². The van der Waals surface area contributed by atoms with Gasteiger partial charge in [0, 0.05) is 11.4 Å². The highest BCUT2D eigenvalue weighted by molar-refractivity contribution is 6.46. The molecule has 154 valence electrons. The number of nitrogens with zero attached hydrogens (tertiary/aromatic N) is 1. The van der Waals surface area contributed by atoms with Crippen LogP contribution in [0.5, 0.6) is 5.75 Å². The van der Waals surface area contributed by atoms with Crippen LogP contribution in [0.1, 0.15) is 22.3 Å². The Balaban J connectivity index is 1.94. The van der Waals surface area contributed by atoms with Crippen molar-refractivity contribution < 1.29 is 9.53 Å². The molecule has 0 saturated carbocycles. The lowest BCUT2D eigenvalue weighted by Gasteiger charge is -2.13. The molecular weight excluding hydrogens is 374 g/mol. The first-order chi connectivity index (χ1) is 14.3. The van der Waals surface area contributed by atoms with Crippen LogP contribution in [0.2, 0.25) is 0 Å². The number of amides is 1. The van der Waals surface area contributed by atoms with Crippen molar-refractivity contribution in [1.29, 1.82) is 0 Å². The van der Waals surface area contributed by atoms with Crippen LogP contribution in [0.4, 0.5) is 17.1 Å². The second kappa shape index (κ2) is 9.27. The Morgan fingerprint density at radius 1 is 0.733 bits per heavy atom. The fourth-order valence-electron chi connectivity index (χ4n) is 3.34. The van der Waals surface area contributed by atoms with Gasteiger partial charge in [0.2, 0.25) is 0 Å². The summed E-state index contributed by atoms with van der Waals surface area (Å²) >= 11 is 0. The van der Waals surface area contributed by atoms with Gasteiger partial charge in [-0.05, 0) is 98.5 Å². The number of ether oxygens (including phenoxy) is 1. The third-order valence-corrected chi connectivity index (χ3v) is 4.49. The summed E-state index contributed by atoms with van der Waals surface area (Å²) in [6.45, 7) is 8.05. The van der Waals surface area contributed by atoms with Gasteiger partial charge in [0.15, 0.2) is 5.84 Å². The molecule has 0 heterocycles. The minimum absolute atomic E-state index is 0.212. The molecule has 0 aliphatic carbocycles. The summed E-state index contributed by atoms with van der Waals surface area (Å²) in [6, 6.07) is 19.2. The maximum absolute atomic E-state index is 13.1. The summed E-state index contributed by atoms with van der Waals surface area (Å²) in [4.78, 5) is 17.7. The van der Waals surface area contributed by atoms with Gasteiger partial charge in [-0.2, -0.15) is 0 Å². The zero-order valence-electron chi connectivity index (χ0n) is 18.0. The average Bonchev–Trinajstić information content (AvgIpc) is 2.66. The molecule has 0 unspecified atom stereocenters. The number of aliphatic imine (C=N–C) groups is 1. The molecule has 0 radical (unpaired) electrons. The number of methoxy groups -OCH3 is 1. The second-order valence-corrected chi connectivity index (χ2v) is 7.49. The highest BCUT2D eigenvalue weighted by Crippen LogP contribution is 2.20. The summed E-state index contributed by atoms with van der Waals surface area (Å²) in [5, 5.41) is 6.15. The summed E-state index contributed by atoms with van der Waals surface area (Å²) in [7, 11) is 1.61. The van der Waals surface area contributed by atoms with E-state index in [0.717, 1.165) is 39.4 Å². The molecule has 30 heavy (non-hydrogen) atoms. The number of rotatable bonds is 4. The third kappa shape index (κ3) is 5.70. The number of hydrogen-bond acceptors (Lipinski definition) is 3. The van der Waals surface area contributed by atoms with Gasteiger partial charge >= 0.3 is 0 Å². The molecule has 3 aromatic rings. The minimum Gasteiger partial charge on any atom is -0.497 e. The molecule has 0 bridgehead atoms. The van der Waals surface area contributed by atoms with E-state index >= 15 is 0 Å². The number of hydrogen-bond donors (Lipinski definition) is 2. The Bertz CT molecular complexity index is 1050. The third-order valence-electron chi connectivity index (χ3n) is 4.49. The molecular formula is C25H27N3O2. The normalized spacial score (nSPS) is 11.2. The Hall–Kier alpha value is -3.60. The van der Waals surface area contributed by atoms with Crippen molar-refractivity contribution in [3.63, 3.8) is 0 Å². The number of anilines is 2. The van der Waals surface area contributed by atoms with E-state index in [1.165, 1.54) is 0 Å². The lowest BCUT2D eigenvalue weighted by molar-refractivity contribution is -0.110. The van der Waals surface area contributed by atoms with Crippen molar-refractivity contribution in [1.82, 2.24) is 0 Å². The number of benzene rings is 3. The average molecular weight is 402 g/mol. The fraction of sp³-hybridized carbons (Fsp3) is 0.200. The number of nitrogens with one attached hydrogen (secondary N) is 2. The van der Waals surface area contributed by atoms with E-state index in [1.54, 1.807) is 7.11 Å². The molecule has 5 nitrogen and oxygen atoms in total. The molecule has 0 aliphatic heterocycles. The quantitative estimate of drug-likeness (QED) is 0.435. The molecule has 0 aromatic heterocycles. The van der Waals surface area contributed by atoms with Gasteiger partial charge in [0.05, 0.1) is 12.8 Å². The molecule has 1 amide bonds. The highest BCUT2D eigenvalue weighted by atomic mass is 16.5. The van der Waals surface area contributed by atoms with Crippen LogP contribution in [0.15, 0.2) is 65.7 Å². The van der Waals surface area contributed by atoms with Gasteiger partial charge in [0.1, 0.15) is 5.75 Å². The zero-order valence-corrected chi connectivity index (χ0v) is 18.0. The van der Waals surface area contributed by atoms with Crippen molar-refractivity contribution in [2.24, 2.45) is 4.99 Å². The number of carbonyl (C=O) groups is 1. The highest BCUT2D eigenvalue weighted by Gasteiger charge is 2.14. The summed E-state index contributed by atoms with van der Waals surface area (Å²) < 4.78 is 5.20. The molecule has 0 aliphatic rings. The molecule has 0 saturated heterocycles. The molecule has 0 fully saturated rings. The van der Waals surface area contributed by atoms with Crippen LogP contribution < -0.4 is 15.4 Å². The Morgan fingerprint density at radius 3 is 1.67 bits per heavy atom. The summed E-state index contributed by atoms with van der Waals surface area (Å²) in [5.74, 6) is 0.636. The lowest BCUT2D eigenvalue weighted by atomic mass is 10.1. The van der Waals surface area contributed by atoms with Gasteiger partial charge in [-0.1, -0.05) is 12.1 Å². The summed E-state index contributed by atoms with van der Waals surface area (Å²) in [5.41, 5.74) is 6.59. The Kier molecular flexibility index (Phi) is 6.52. The second-order valence-electron chi connectivity index (χ2n) is 7.49. The smallest absolute Gasteiger partial charge is 0.291 e. The van der Waals surface area contributed by atoms with E-state index < -0.39 is 0 Å². The molecule has 2 N–H and O–H groups in total. The molecule has 3 rings (SSSR count). The maximum Gasteiger partial charge on any atom is 0.291 e. The van der Waals surface area contributed by atoms with E-state index in [-0.39, 0.29) is 11.7 Å². The van der Waals surface area contributed by atoms with E-state index in [2.05, 4.69) is 27.8 Å². The van der Waals surface area contributed by atoms with Gasteiger partial charge in [-0.3, -0.25) is 4.79 Å². The molecule has 0 spiro atoms. The molecule has 0 atom stereocenters. The standard InChI is InChI=1S/C25H27N3O2/c1-16-10-17(2)13-21(12-16)27-24(26-20-6-8-23(30-5)9-7-20)25(29)28-22-14-18(3)11-19(4)15-22/h6-15H,1-5H3,(H,26,27)(H,28,29). The maximum atomic E-state index is 13.1. The Labute approximate surface area is 177 Å². The van der Waals surface area contributed by atoms with Crippen molar-refractivity contribution in [2.75, 3.05) is 17.7 Å². The van der Waals surface area contributed by atoms with Crippen molar-refractivity contribution in [3.05, 3.63) is 82.9 Å². The van der Waals surface area contributed by atoms with E-state index in [1.807, 2.05) is 76.2 Å². The molecule has 3 aromatic carbocycles. The Morgan fingerprint density at radius 2 is 1.20 bits per heavy atom. The van der Waals surface area contributed by atoms with Crippen molar-refractivity contribution in [3.8, 4) is 5.75 Å². The SMILES string of the molecule is COc1ccc(N=C(Nc2cc(C)cc(C)c2)C(=O)Nc2cc(C)cc(C)c2)cc1. The zero-order chi connectivity index (χ0) is 21.7. The first-order valence-corrected chi connectivity index (χ1v) is 9.80. The monoisotopic (exact) mass is 401 g/mol. The van der Waals surface area contributed by atoms with Crippen LogP contribution in [-0.2, 0) is 4.79 Å². The van der Waals surface area contributed by atoms with Gasteiger partial charge < -0.3 is 15.4 Å². The molecule has 5 heteroatoms. The van der Waals surface area contributed by atoms with Gasteiger partial charge in [-0.25, -0.2) is 4.99 Å². The van der Waals surface area contributed by atoms with Crippen LogP contribution in [0.25, 0.3) is 0 Å². The van der Waals surface area contributed by atoms with Crippen LogP contribution >= 0.6 is 0 Å². The van der Waals surface area contributed by atoms with E-state index in [9.17, 15) is 4.79 Å². The van der Waals surface area contributed by atoms with Crippen molar-refractivity contribution >= 4 is 28.8 Å². The first kappa shape index (κ1) is 21.1. The van der Waals surface area contributed by atoms with Crippen molar-refractivity contribution in [2.45, 2.75) is 27.7 Å². The van der Waals surface area contributed by atoms with Crippen LogP contribution in [0, 0.1) is 27.7 Å².